The molecular weight excluding hydrogens is 431 g/mol. The van der Waals surface area contributed by atoms with Crippen molar-refractivity contribution in [3.63, 3.8) is 0 Å². The van der Waals surface area contributed by atoms with Crippen LogP contribution in [-0.2, 0) is 4.74 Å². The first-order valence-electron chi connectivity index (χ1n) is 10.2. The Morgan fingerprint density at radius 1 is 1.00 bits per heavy atom. The zero-order valence-electron chi connectivity index (χ0n) is 17.1. The van der Waals surface area contributed by atoms with Crippen molar-refractivity contribution < 1.29 is 13.9 Å². The smallest absolute Gasteiger partial charge is 0.131 e. The van der Waals surface area contributed by atoms with Crippen LogP contribution in [0, 0.1) is 5.82 Å². The highest BCUT2D eigenvalue weighted by atomic mass is 35.5. The molecule has 32 heavy (non-hydrogen) atoms. The number of rotatable bonds is 5. The third-order valence-corrected chi connectivity index (χ3v) is 5.49. The van der Waals surface area contributed by atoms with E-state index >= 15 is 0 Å². The Balaban J connectivity index is 1.45. The third-order valence-electron chi connectivity index (χ3n) is 5.27. The van der Waals surface area contributed by atoms with Gasteiger partial charge in [0.2, 0.25) is 0 Å². The molecule has 6 nitrogen and oxygen atoms in total. The molecule has 3 heterocycles. The summed E-state index contributed by atoms with van der Waals surface area (Å²) in [5.41, 5.74) is 3.63. The average molecular weight is 451 g/mol. The van der Waals surface area contributed by atoms with E-state index in [1.165, 1.54) is 6.07 Å². The Morgan fingerprint density at radius 3 is 2.66 bits per heavy atom. The molecule has 0 amide bonds. The minimum atomic E-state index is -0.346. The maximum atomic E-state index is 14.8. The van der Waals surface area contributed by atoms with E-state index in [1.807, 2.05) is 18.2 Å². The van der Waals surface area contributed by atoms with Gasteiger partial charge in [0.05, 0.1) is 25.1 Å². The zero-order chi connectivity index (χ0) is 21.9. The van der Waals surface area contributed by atoms with Crippen LogP contribution in [0.15, 0.2) is 67.1 Å². The topological polar surface area (TPSA) is 63.3 Å². The molecule has 1 aliphatic rings. The molecular formula is C24H20ClFN4O2. The van der Waals surface area contributed by atoms with Gasteiger partial charge in [-0.3, -0.25) is 10.1 Å². The van der Waals surface area contributed by atoms with Crippen LogP contribution in [0.2, 0.25) is 5.02 Å². The van der Waals surface area contributed by atoms with Gasteiger partial charge in [-0.2, -0.15) is 5.10 Å². The molecule has 1 aliphatic heterocycles. The quantitative estimate of drug-likeness (QED) is 0.431. The SMILES string of the molecule is Fc1ccc(Oc2ccnc(-c3cn[nH]c3)c2)cc1-c1cc(Cl)cc(N2CCOCC2)c1. The van der Waals surface area contributed by atoms with Crippen molar-refractivity contribution in [3.05, 3.63) is 78.0 Å². The molecule has 162 valence electrons. The van der Waals surface area contributed by atoms with Gasteiger partial charge < -0.3 is 14.4 Å². The number of hydrogen-bond acceptors (Lipinski definition) is 5. The van der Waals surface area contributed by atoms with Gasteiger partial charge in [0, 0.05) is 53.4 Å². The molecule has 1 N–H and O–H groups in total. The number of aromatic nitrogens is 3. The largest absolute Gasteiger partial charge is 0.457 e. The normalized spacial score (nSPS) is 13.9. The van der Waals surface area contributed by atoms with Crippen LogP contribution < -0.4 is 9.64 Å². The average Bonchev–Trinajstić information content (AvgIpc) is 3.36. The van der Waals surface area contributed by atoms with Crippen LogP contribution in [0.5, 0.6) is 11.5 Å². The Bertz CT molecular complexity index is 1230. The molecule has 0 bridgehead atoms. The third kappa shape index (κ3) is 4.44. The molecule has 8 heteroatoms. The summed E-state index contributed by atoms with van der Waals surface area (Å²) in [7, 11) is 0. The van der Waals surface area contributed by atoms with E-state index in [2.05, 4.69) is 20.1 Å². The highest BCUT2D eigenvalue weighted by Crippen LogP contribution is 2.34. The number of morpholine rings is 1. The summed E-state index contributed by atoms with van der Waals surface area (Å²) in [5, 5.41) is 7.26. The van der Waals surface area contributed by atoms with Gasteiger partial charge in [0.1, 0.15) is 17.3 Å². The first kappa shape index (κ1) is 20.5. The van der Waals surface area contributed by atoms with Crippen LogP contribution in [0.1, 0.15) is 0 Å². The highest BCUT2D eigenvalue weighted by molar-refractivity contribution is 6.31. The predicted molar refractivity (Wildman–Crippen MR) is 122 cm³/mol. The van der Waals surface area contributed by atoms with Crippen LogP contribution in [0.4, 0.5) is 10.1 Å². The first-order valence-corrected chi connectivity index (χ1v) is 10.6. The summed E-state index contributed by atoms with van der Waals surface area (Å²) < 4.78 is 26.2. The lowest BCUT2D eigenvalue weighted by Gasteiger charge is -2.29. The predicted octanol–water partition coefficient (Wildman–Crippen LogP) is 5.56. The standard InChI is InChI=1S/C24H20ClFN4O2/c25-18-9-16(10-19(11-18)30-5-7-31-8-6-30)22-12-20(1-2-23(22)26)32-21-3-4-27-24(13-21)17-14-28-29-15-17/h1-4,9-15H,5-8H2,(H,28,29). The van der Waals surface area contributed by atoms with E-state index < -0.39 is 0 Å². The van der Waals surface area contributed by atoms with E-state index in [0.717, 1.165) is 30.0 Å². The Morgan fingerprint density at radius 2 is 1.84 bits per heavy atom. The second-order valence-corrected chi connectivity index (χ2v) is 7.84. The van der Waals surface area contributed by atoms with E-state index in [-0.39, 0.29) is 5.82 Å². The van der Waals surface area contributed by atoms with Crippen LogP contribution in [0.3, 0.4) is 0 Å². The number of halogens is 2. The van der Waals surface area contributed by atoms with Gasteiger partial charge in [-0.15, -0.1) is 0 Å². The van der Waals surface area contributed by atoms with E-state index in [1.54, 1.807) is 42.9 Å². The summed E-state index contributed by atoms with van der Waals surface area (Å²) in [4.78, 5) is 6.52. The van der Waals surface area contributed by atoms with E-state index in [0.29, 0.717) is 40.9 Å². The Hall–Kier alpha value is -3.42. The number of H-pyrrole nitrogens is 1. The first-order chi connectivity index (χ1) is 15.7. The molecule has 0 saturated carbocycles. The number of hydrogen-bond donors (Lipinski definition) is 1. The molecule has 0 radical (unpaired) electrons. The van der Waals surface area contributed by atoms with Crippen molar-refractivity contribution in [1.82, 2.24) is 15.2 Å². The molecule has 2 aromatic heterocycles. The van der Waals surface area contributed by atoms with Crippen molar-refractivity contribution in [3.8, 4) is 33.9 Å². The fraction of sp³-hybridized carbons (Fsp3) is 0.167. The summed E-state index contributed by atoms with van der Waals surface area (Å²) in [6.07, 6.45) is 5.11. The second kappa shape index (κ2) is 8.98. The maximum Gasteiger partial charge on any atom is 0.131 e. The van der Waals surface area contributed by atoms with Crippen LogP contribution in [-0.4, -0.2) is 41.5 Å². The fourth-order valence-electron chi connectivity index (χ4n) is 3.68. The lowest BCUT2D eigenvalue weighted by molar-refractivity contribution is 0.122. The molecule has 0 spiro atoms. The van der Waals surface area contributed by atoms with E-state index in [9.17, 15) is 4.39 Å². The van der Waals surface area contributed by atoms with E-state index in [4.69, 9.17) is 21.1 Å². The number of nitrogens with one attached hydrogen (secondary N) is 1. The Labute approximate surface area is 189 Å². The lowest BCUT2D eigenvalue weighted by Crippen LogP contribution is -2.36. The van der Waals surface area contributed by atoms with Crippen LogP contribution in [0.25, 0.3) is 22.4 Å². The Kier molecular flexibility index (Phi) is 5.75. The zero-order valence-corrected chi connectivity index (χ0v) is 17.8. The molecule has 4 aromatic rings. The summed E-state index contributed by atoms with van der Waals surface area (Å²) in [6.45, 7) is 2.86. The van der Waals surface area contributed by atoms with Gasteiger partial charge in [0.15, 0.2) is 0 Å². The molecule has 0 atom stereocenters. The number of ether oxygens (including phenoxy) is 2. The number of benzene rings is 2. The molecule has 5 rings (SSSR count). The van der Waals surface area contributed by atoms with Crippen molar-refractivity contribution in [1.29, 1.82) is 0 Å². The van der Waals surface area contributed by atoms with Gasteiger partial charge >= 0.3 is 0 Å². The molecule has 1 fully saturated rings. The van der Waals surface area contributed by atoms with Gasteiger partial charge in [0.25, 0.3) is 0 Å². The van der Waals surface area contributed by atoms with Gasteiger partial charge in [-0.25, -0.2) is 4.39 Å². The highest BCUT2D eigenvalue weighted by Gasteiger charge is 2.15. The number of anilines is 1. The number of nitrogens with zero attached hydrogens (tertiary/aromatic N) is 3. The van der Waals surface area contributed by atoms with Crippen molar-refractivity contribution in [2.75, 3.05) is 31.2 Å². The number of aromatic amines is 1. The second-order valence-electron chi connectivity index (χ2n) is 7.41. The minimum Gasteiger partial charge on any atom is -0.457 e. The van der Waals surface area contributed by atoms with Gasteiger partial charge in [-0.05, 0) is 48.0 Å². The minimum absolute atomic E-state index is 0.346. The molecule has 0 unspecified atom stereocenters. The fourth-order valence-corrected chi connectivity index (χ4v) is 3.91. The molecule has 0 aliphatic carbocycles. The summed E-state index contributed by atoms with van der Waals surface area (Å²) in [6, 6.07) is 13.8. The molecule has 1 saturated heterocycles. The van der Waals surface area contributed by atoms with Crippen molar-refractivity contribution in [2.45, 2.75) is 0 Å². The van der Waals surface area contributed by atoms with Crippen LogP contribution >= 0.6 is 11.6 Å². The summed E-state index contributed by atoms with van der Waals surface area (Å²) in [5.74, 6) is 0.758. The lowest BCUT2D eigenvalue weighted by atomic mass is 10.0. The monoisotopic (exact) mass is 450 g/mol. The summed E-state index contributed by atoms with van der Waals surface area (Å²) >= 11 is 6.38. The maximum absolute atomic E-state index is 14.8. The number of pyridine rings is 1. The van der Waals surface area contributed by atoms with Gasteiger partial charge in [-0.1, -0.05) is 11.6 Å². The van der Waals surface area contributed by atoms with Crippen molar-refractivity contribution >= 4 is 17.3 Å². The molecule has 2 aromatic carbocycles. The van der Waals surface area contributed by atoms with Crippen molar-refractivity contribution in [2.24, 2.45) is 0 Å².